The van der Waals surface area contributed by atoms with E-state index in [0.29, 0.717) is 11.9 Å². The molecule has 2 aromatic heterocycles. The smallest absolute Gasteiger partial charge is 0.237 e. The van der Waals surface area contributed by atoms with Crippen LogP contribution in [-0.2, 0) is 6.54 Å². The predicted molar refractivity (Wildman–Crippen MR) is 70.7 cm³/mol. The van der Waals surface area contributed by atoms with Crippen molar-refractivity contribution in [2.75, 3.05) is 7.11 Å². The van der Waals surface area contributed by atoms with E-state index in [0.717, 1.165) is 23.6 Å². The van der Waals surface area contributed by atoms with Gasteiger partial charge in [0.15, 0.2) is 4.96 Å². The number of rotatable bonds is 6. The van der Waals surface area contributed by atoms with Crippen LogP contribution < -0.4 is 10.1 Å². The van der Waals surface area contributed by atoms with Gasteiger partial charge in [-0.3, -0.25) is 4.40 Å². The molecule has 0 bridgehead atoms. The second-order valence-electron chi connectivity index (χ2n) is 3.93. The van der Waals surface area contributed by atoms with Crippen molar-refractivity contribution in [3.8, 4) is 5.88 Å². The zero-order valence-electron chi connectivity index (χ0n) is 10.1. The summed E-state index contributed by atoms with van der Waals surface area (Å²) in [6, 6.07) is 0.404. The Bertz CT molecular complexity index is 503. The molecule has 0 aromatic carbocycles. The molecule has 0 aliphatic heterocycles. The lowest BCUT2D eigenvalue weighted by Gasteiger charge is -2.11. The molecule has 0 spiro atoms. The molecule has 92 valence electrons. The standard InChI is InChI=1S/C12H17N3OS/c1-4-5-9(2)13-8-10-11(16-3)14-12-15(10)6-7-17-12/h4,6-7,9,13H,1,5,8H2,2-3H3. The van der Waals surface area contributed by atoms with Gasteiger partial charge in [-0.25, -0.2) is 0 Å². The summed E-state index contributed by atoms with van der Waals surface area (Å²) >= 11 is 1.61. The normalized spacial score (nSPS) is 12.8. The molecule has 0 amide bonds. The molecule has 5 heteroatoms. The van der Waals surface area contributed by atoms with Gasteiger partial charge in [0.05, 0.1) is 7.11 Å². The highest BCUT2D eigenvalue weighted by Crippen LogP contribution is 2.22. The molecule has 0 aliphatic carbocycles. The molecule has 1 unspecified atom stereocenters. The van der Waals surface area contributed by atoms with E-state index in [9.17, 15) is 0 Å². The number of nitrogens with one attached hydrogen (secondary N) is 1. The van der Waals surface area contributed by atoms with Crippen LogP contribution in [-0.4, -0.2) is 22.5 Å². The van der Waals surface area contributed by atoms with Crippen LogP contribution in [0.4, 0.5) is 0 Å². The summed E-state index contributed by atoms with van der Waals surface area (Å²) < 4.78 is 7.36. The third-order valence-corrected chi connectivity index (χ3v) is 3.41. The third kappa shape index (κ3) is 2.50. The summed E-state index contributed by atoms with van der Waals surface area (Å²) in [4.78, 5) is 5.38. The first-order valence-corrected chi connectivity index (χ1v) is 6.47. The maximum atomic E-state index is 5.30. The number of hydrogen-bond acceptors (Lipinski definition) is 4. The third-order valence-electron chi connectivity index (χ3n) is 2.66. The molecule has 4 nitrogen and oxygen atoms in total. The second kappa shape index (κ2) is 5.33. The van der Waals surface area contributed by atoms with Gasteiger partial charge < -0.3 is 10.1 Å². The molecule has 0 fully saturated rings. The summed E-state index contributed by atoms with van der Waals surface area (Å²) in [6.45, 7) is 6.63. The fraction of sp³-hybridized carbons (Fsp3) is 0.417. The van der Waals surface area contributed by atoms with Gasteiger partial charge in [0, 0.05) is 24.2 Å². The fourth-order valence-corrected chi connectivity index (χ4v) is 2.47. The Labute approximate surface area is 105 Å². The molecule has 2 heterocycles. The van der Waals surface area contributed by atoms with Crippen LogP contribution in [0.5, 0.6) is 5.88 Å². The first kappa shape index (κ1) is 12.1. The highest BCUT2D eigenvalue weighted by molar-refractivity contribution is 7.15. The Morgan fingerprint density at radius 1 is 1.71 bits per heavy atom. The molecular formula is C12H17N3OS. The van der Waals surface area contributed by atoms with Crippen molar-refractivity contribution in [2.45, 2.75) is 25.9 Å². The number of ether oxygens (including phenoxy) is 1. The van der Waals surface area contributed by atoms with E-state index in [4.69, 9.17) is 4.74 Å². The van der Waals surface area contributed by atoms with Crippen LogP contribution in [0.25, 0.3) is 4.96 Å². The second-order valence-corrected chi connectivity index (χ2v) is 4.80. The molecular weight excluding hydrogens is 234 g/mol. The predicted octanol–water partition coefficient (Wildman–Crippen LogP) is 2.46. The molecule has 2 aromatic rings. The summed E-state index contributed by atoms with van der Waals surface area (Å²) in [6.07, 6.45) is 4.89. The molecule has 0 aliphatic rings. The lowest BCUT2D eigenvalue weighted by Crippen LogP contribution is -2.25. The minimum atomic E-state index is 0.404. The molecule has 17 heavy (non-hydrogen) atoms. The van der Waals surface area contributed by atoms with E-state index >= 15 is 0 Å². The summed E-state index contributed by atoms with van der Waals surface area (Å²) in [5, 5.41) is 5.46. The number of imidazole rings is 1. The van der Waals surface area contributed by atoms with Gasteiger partial charge >= 0.3 is 0 Å². The zero-order chi connectivity index (χ0) is 12.3. The van der Waals surface area contributed by atoms with Gasteiger partial charge in [-0.1, -0.05) is 6.08 Å². The molecule has 0 radical (unpaired) electrons. The molecule has 0 saturated heterocycles. The Morgan fingerprint density at radius 2 is 2.53 bits per heavy atom. The molecule has 1 atom stereocenters. The lowest BCUT2D eigenvalue weighted by atomic mass is 10.2. The van der Waals surface area contributed by atoms with Gasteiger partial charge in [0.1, 0.15) is 5.69 Å². The number of fused-ring (bicyclic) bond motifs is 1. The van der Waals surface area contributed by atoms with Crippen LogP contribution in [0, 0.1) is 0 Å². The molecule has 1 N–H and O–H groups in total. The van der Waals surface area contributed by atoms with Gasteiger partial charge in [-0.05, 0) is 13.3 Å². The first-order valence-electron chi connectivity index (χ1n) is 5.59. The van der Waals surface area contributed by atoms with Crippen LogP contribution in [0.3, 0.4) is 0 Å². The number of nitrogens with zero attached hydrogens (tertiary/aromatic N) is 2. The highest BCUT2D eigenvalue weighted by Gasteiger charge is 2.13. The van der Waals surface area contributed by atoms with Gasteiger partial charge in [-0.2, -0.15) is 4.98 Å². The summed E-state index contributed by atoms with van der Waals surface area (Å²) in [5.74, 6) is 0.704. The Hall–Kier alpha value is -1.33. The highest BCUT2D eigenvalue weighted by atomic mass is 32.1. The number of thiazole rings is 1. The fourth-order valence-electron chi connectivity index (χ4n) is 1.74. The number of aromatic nitrogens is 2. The topological polar surface area (TPSA) is 38.6 Å². The maximum absolute atomic E-state index is 5.30. The SMILES string of the molecule is C=CCC(C)NCc1c(OC)nc2sccn12. The lowest BCUT2D eigenvalue weighted by molar-refractivity contribution is 0.391. The van der Waals surface area contributed by atoms with Crippen LogP contribution in [0.1, 0.15) is 19.0 Å². The van der Waals surface area contributed by atoms with E-state index in [1.807, 2.05) is 17.7 Å². The number of methoxy groups -OCH3 is 1. The van der Waals surface area contributed by atoms with Crippen LogP contribution in [0.2, 0.25) is 0 Å². The van der Waals surface area contributed by atoms with Crippen molar-refractivity contribution in [2.24, 2.45) is 0 Å². The average Bonchev–Trinajstić information content (AvgIpc) is 2.86. The summed E-state index contributed by atoms with van der Waals surface area (Å²) in [7, 11) is 1.66. The largest absolute Gasteiger partial charge is 0.480 e. The van der Waals surface area contributed by atoms with Crippen molar-refractivity contribution in [1.29, 1.82) is 0 Å². The minimum absolute atomic E-state index is 0.404. The maximum Gasteiger partial charge on any atom is 0.237 e. The van der Waals surface area contributed by atoms with E-state index < -0.39 is 0 Å². The van der Waals surface area contributed by atoms with Crippen LogP contribution in [0.15, 0.2) is 24.2 Å². The van der Waals surface area contributed by atoms with Crippen molar-refractivity contribution >= 4 is 16.3 Å². The van der Waals surface area contributed by atoms with E-state index in [2.05, 4.69) is 28.2 Å². The quantitative estimate of drug-likeness (QED) is 0.802. The van der Waals surface area contributed by atoms with E-state index in [1.165, 1.54) is 0 Å². The Kier molecular flexibility index (Phi) is 3.81. The Morgan fingerprint density at radius 3 is 3.24 bits per heavy atom. The van der Waals surface area contributed by atoms with Gasteiger partial charge in [0.2, 0.25) is 5.88 Å². The van der Waals surface area contributed by atoms with Gasteiger partial charge in [-0.15, -0.1) is 17.9 Å². The molecule has 0 saturated carbocycles. The number of hydrogen-bond donors (Lipinski definition) is 1. The van der Waals surface area contributed by atoms with Crippen molar-refractivity contribution in [3.63, 3.8) is 0 Å². The Balaban J connectivity index is 2.15. The van der Waals surface area contributed by atoms with Gasteiger partial charge in [0.25, 0.3) is 0 Å². The molecule has 2 rings (SSSR count). The van der Waals surface area contributed by atoms with Crippen LogP contribution >= 0.6 is 11.3 Å². The van der Waals surface area contributed by atoms with Crippen molar-refractivity contribution in [1.82, 2.24) is 14.7 Å². The zero-order valence-corrected chi connectivity index (χ0v) is 11.0. The van der Waals surface area contributed by atoms with E-state index in [-0.39, 0.29) is 0 Å². The van der Waals surface area contributed by atoms with E-state index in [1.54, 1.807) is 18.4 Å². The first-order chi connectivity index (χ1) is 8.26. The minimum Gasteiger partial charge on any atom is -0.480 e. The monoisotopic (exact) mass is 251 g/mol. The summed E-state index contributed by atoms with van der Waals surface area (Å²) in [5.41, 5.74) is 1.07. The average molecular weight is 251 g/mol. The van der Waals surface area contributed by atoms with Crippen molar-refractivity contribution < 1.29 is 4.74 Å². The van der Waals surface area contributed by atoms with Crippen molar-refractivity contribution in [3.05, 3.63) is 29.9 Å².